The summed E-state index contributed by atoms with van der Waals surface area (Å²) in [7, 11) is -1.72. The number of nitrogens with two attached hydrogens (primary N) is 1. The molecule has 2 rings (SSSR count). The van der Waals surface area contributed by atoms with Gasteiger partial charge in [0.1, 0.15) is 0 Å². The topological polar surface area (TPSA) is 63.4 Å². The molecule has 2 unspecified atom stereocenters. The average molecular weight is 268 g/mol. The molecule has 5 heteroatoms. The van der Waals surface area contributed by atoms with Gasteiger partial charge >= 0.3 is 0 Å². The number of nitrogens with zero attached hydrogens (tertiary/aromatic N) is 1. The Bertz CT molecular complexity index is 487. The molecule has 18 heavy (non-hydrogen) atoms. The van der Waals surface area contributed by atoms with Crippen LogP contribution in [0.15, 0.2) is 35.2 Å². The van der Waals surface area contributed by atoms with Gasteiger partial charge in [-0.1, -0.05) is 24.6 Å². The van der Waals surface area contributed by atoms with Crippen molar-refractivity contribution in [2.45, 2.75) is 30.2 Å². The highest BCUT2D eigenvalue weighted by Crippen LogP contribution is 2.31. The predicted molar refractivity (Wildman–Crippen MR) is 71.6 cm³/mol. The van der Waals surface area contributed by atoms with Crippen molar-refractivity contribution in [3.8, 4) is 0 Å². The monoisotopic (exact) mass is 268 g/mol. The average Bonchev–Trinajstić information content (AvgIpc) is 2.87. The van der Waals surface area contributed by atoms with E-state index in [2.05, 4.69) is 0 Å². The molecule has 1 aromatic rings. The molecule has 0 aromatic heterocycles. The van der Waals surface area contributed by atoms with E-state index in [1.807, 2.05) is 6.07 Å². The van der Waals surface area contributed by atoms with Crippen LogP contribution in [-0.2, 0) is 10.0 Å². The van der Waals surface area contributed by atoms with Crippen LogP contribution in [0.5, 0.6) is 0 Å². The molecule has 0 aliphatic heterocycles. The summed E-state index contributed by atoms with van der Waals surface area (Å²) in [6.07, 6.45) is 2.99. The lowest BCUT2D eigenvalue weighted by Gasteiger charge is -2.28. The molecule has 1 fully saturated rings. The molecule has 0 radical (unpaired) electrons. The Labute approximate surface area is 109 Å². The Morgan fingerprint density at radius 2 is 1.94 bits per heavy atom. The van der Waals surface area contributed by atoms with Gasteiger partial charge in [-0.05, 0) is 37.4 Å². The van der Waals surface area contributed by atoms with Gasteiger partial charge in [0.05, 0.1) is 4.90 Å². The Morgan fingerprint density at radius 3 is 2.56 bits per heavy atom. The Kier molecular flexibility index (Phi) is 4.04. The van der Waals surface area contributed by atoms with Gasteiger partial charge in [-0.25, -0.2) is 8.42 Å². The van der Waals surface area contributed by atoms with Crippen LogP contribution in [0.4, 0.5) is 0 Å². The van der Waals surface area contributed by atoms with Crippen molar-refractivity contribution < 1.29 is 8.42 Å². The van der Waals surface area contributed by atoms with Gasteiger partial charge in [0, 0.05) is 13.1 Å². The standard InChI is InChI=1S/C13H20N2O2S/c1-15(13-9-5-6-11(13)10-14)18(16,17)12-7-3-2-4-8-12/h2-4,7-8,11,13H,5-6,9-10,14H2,1H3. The van der Waals surface area contributed by atoms with Crippen molar-refractivity contribution in [3.63, 3.8) is 0 Å². The van der Waals surface area contributed by atoms with Crippen molar-refractivity contribution in [2.24, 2.45) is 11.7 Å². The molecule has 4 nitrogen and oxygen atoms in total. The van der Waals surface area contributed by atoms with E-state index >= 15 is 0 Å². The third-order valence-electron chi connectivity index (χ3n) is 3.81. The Morgan fingerprint density at radius 1 is 1.28 bits per heavy atom. The summed E-state index contributed by atoms with van der Waals surface area (Å²) in [5, 5.41) is 0. The van der Waals surface area contributed by atoms with Crippen LogP contribution in [0.3, 0.4) is 0 Å². The van der Waals surface area contributed by atoms with Crippen molar-refractivity contribution in [1.29, 1.82) is 0 Å². The van der Waals surface area contributed by atoms with Gasteiger partial charge in [-0.2, -0.15) is 4.31 Å². The van der Waals surface area contributed by atoms with Crippen molar-refractivity contribution >= 4 is 10.0 Å². The Hall–Kier alpha value is -0.910. The van der Waals surface area contributed by atoms with Gasteiger partial charge in [0.25, 0.3) is 0 Å². The summed E-state index contributed by atoms with van der Waals surface area (Å²) in [6.45, 7) is 0.555. The van der Waals surface area contributed by atoms with Crippen LogP contribution in [0, 0.1) is 5.92 Å². The summed E-state index contributed by atoms with van der Waals surface area (Å²) in [5.74, 6) is 0.286. The first-order chi connectivity index (χ1) is 8.57. The molecular weight excluding hydrogens is 248 g/mol. The van der Waals surface area contributed by atoms with Gasteiger partial charge < -0.3 is 5.73 Å². The maximum absolute atomic E-state index is 12.5. The zero-order valence-corrected chi connectivity index (χ0v) is 11.4. The quantitative estimate of drug-likeness (QED) is 0.898. The van der Waals surface area contributed by atoms with Gasteiger partial charge in [-0.3, -0.25) is 0 Å². The third kappa shape index (κ3) is 2.43. The second-order valence-electron chi connectivity index (χ2n) is 4.83. The molecule has 100 valence electrons. The second-order valence-corrected chi connectivity index (χ2v) is 6.83. The maximum atomic E-state index is 12.5. The predicted octanol–water partition coefficient (Wildman–Crippen LogP) is 1.43. The van der Waals surface area contributed by atoms with Gasteiger partial charge in [0.2, 0.25) is 10.0 Å². The van der Waals surface area contributed by atoms with Crippen LogP contribution < -0.4 is 5.73 Å². The molecule has 1 saturated carbocycles. The lowest BCUT2D eigenvalue weighted by Crippen LogP contribution is -2.41. The van der Waals surface area contributed by atoms with Crippen LogP contribution in [-0.4, -0.2) is 32.4 Å². The minimum Gasteiger partial charge on any atom is -0.330 e. The van der Waals surface area contributed by atoms with Crippen molar-refractivity contribution in [3.05, 3.63) is 30.3 Å². The smallest absolute Gasteiger partial charge is 0.243 e. The van der Waals surface area contributed by atoms with Crippen LogP contribution in [0.2, 0.25) is 0 Å². The van der Waals surface area contributed by atoms with Gasteiger partial charge in [-0.15, -0.1) is 0 Å². The minimum atomic E-state index is -3.39. The fraction of sp³-hybridized carbons (Fsp3) is 0.538. The molecular formula is C13H20N2O2S. The number of sulfonamides is 1. The first-order valence-electron chi connectivity index (χ1n) is 6.30. The highest BCUT2D eigenvalue weighted by Gasteiger charge is 2.35. The summed E-state index contributed by atoms with van der Waals surface area (Å²) in [5.41, 5.74) is 5.72. The summed E-state index contributed by atoms with van der Waals surface area (Å²) in [6, 6.07) is 8.62. The Balaban J connectivity index is 2.25. The zero-order chi connectivity index (χ0) is 13.2. The highest BCUT2D eigenvalue weighted by molar-refractivity contribution is 7.89. The van der Waals surface area contributed by atoms with E-state index in [4.69, 9.17) is 5.73 Å². The van der Waals surface area contributed by atoms with Gasteiger partial charge in [0.15, 0.2) is 0 Å². The van der Waals surface area contributed by atoms with E-state index < -0.39 is 10.0 Å². The summed E-state index contributed by atoms with van der Waals surface area (Å²) < 4.78 is 26.4. The lowest BCUT2D eigenvalue weighted by molar-refractivity contribution is 0.304. The van der Waals surface area contributed by atoms with E-state index in [1.165, 1.54) is 4.31 Å². The molecule has 0 heterocycles. The SMILES string of the molecule is CN(C1CCCC1CN)S(=O)(=O)c1ccccc1. The summed E-state index contributed by atoms with van der Waals surface area (Å²) >= 11 is 0. The lowest BCUT2D eigenvalue weighted by atomic mass is 10.0. The normalized spacial score (nSPS) is 24.6. The number of rotatable bonds is 4. The highest BCUT2D eigenvalue weighted by atomic mass is 32.2. The largest absolute Gasteiger partial charge is 0.330 e. The zero-order valence-electron chi connectivity index (χ0n) is 10.6. The van der Waals surface area contributed by atoms with Crippen LogP contribution in [0.25, 0.3) is 0 Å². The summed E-state index contributed by atoms with van der Waals surface area (Å²) in [4.78, 5) is 0.357. The molecule has 0 amide bonds. The number of hydrogen-bond donors (Lipinski definition) is 1. The molecule has 1 aliphatic carbocycles. The van der Waals surface area contributed by atoms with E-state index in [0.29, 0.717) is 11.4 Å². The molecule has 1 aromatic carbocycles. The molecule has 2 N–H and O–H groups in total. The molecule has 0 bridgehead atoms. The second kappa shape index (κ2) is 5.38. The molecule has 0 saturated heterocycles. The van der Waals surface area contributed by atoms with E-state index in [9.17, 15) is 8.42 Å². The molecule has 0 spiro atoms. The fourth-order valence-corrected chi connectivity index (χ4v) is 4.18. The van der Waals surface area contributed by atoms with E-state index in [0.717, 1.165) is 19.3 Å². The fourth-order valence-electron chi connectivity index (χ4n) is 2.71. The molecule has 1 aliphatic rings. The molecule has 2 atom stereocenters. The van der Waals surface area contributed by atoms with Crippen LogP contribution in [0.1, 0.15) is 19.3 Å². The van der Waals surface area contributed by atoms with E-state index in [-0.39, 0.29) is 12.0 Å². The first kappa shape index (κ1) is 13.5. The first-order valence-corrected chi connectivity index (χ1v) is 7.74. The number of hydrogen-bond acceptors (Lipinski definition) is 3. The third-order valence-corrected chi connectivity index (χ3v) is 5.71. The van der Waals surface area contributed by atoms with Crippen LogP contribution >= 0.6 is 0 Å². The van der Waals surface area contributed by atoms with Crippen molar-refractivity contribution in [1.82, 2.24) is 4.31 Å². The maximum Gasteiger partial charge on any atom is 0.243 e. The number of benzene rings is 1. The minimum absolute atomic E-state index is 0.0419. The van der Waals surface area contributed by atoms with E-state index in [1.54, 1.807) is 31.3 Å². The van der Waals surface area contributed by atoms with Crippen molar-refractivity contribution in [2.75, 3.05) is 13.6 Å².